The lowest BCUT2D eigenvalue weighted by Gasteiger charge is -2.11. The normalized spacial score (nSPS) is 10.2. The highest BCUT2D eigenvalue weighted by Gasteiger charge is 2.10. The van der Waals surface area contributed by atoms with E-state index in [0.29, 0.717) is 21.8 Å². The number of thiophene rings is 1. The van der Waals surface area contributed by atoms with Gasteiger partial charge >= 0.3 is 0 Å². The SMILES string of the molecule is CCc1ccc(C(=O)NC(=S)Nc2cccc(NC(=O)c3cccs3)c2)cc1. The van der Waals surface area contributed by atoms with E-state index in [0.717, 1.165) is 6.42 Å². The van der Waals surface area contributed by atoms with Gasteiger partial charge in [0.25, 0.3) is 11.8 Å². The number of carbonyl (C=O) groups excluding carboxylic acids is 2. The van der Waals surface area contributed by atoms with Gasteiger partial charge in [-0.3, -0.25) is 14.9 Å². The first-order valence-corrected chi connectivity index (χ1v) is 10.00. The molecule has 0 saturated heterocycles. The molecule has 0 aliphatic heterocycles. The Morgan fingerprint density at radius 1 is 0.929 bits per heavy atom. The lowest BCUT2D eigenvalue weighted by atomic mass is 10.1. The lowest BCUT2D eigenvalue weighted by Crippen LogP contribution is -2.34. The van der Waals surface area contributed by atoms with Crippen LogP contribution in [0.2, 0.25) is 0 Å². The molecular formula is C21H19N3O2S2. The summed E-state index contributed by atoms with van der Waals surface area (Å²) in [6, 6.07) is 18.1. The van der Waals surface area contributed by atoms with Crippen molar-refractivity contribution in [3.8, 4) is 0 Å². The quantitative estimate of drug-likeness (QED) is 0.535. The number of rotatable bonds is 5. The van der Waals surface area contributed by atoms with E-state index < -0.39 is 0 Å². The molecular weight excluding hydrogens is 390 g/mol. The molecule has 0 spiro atoms. The van der Waals surface area contributed by atoms with E-state index in [-0.39, 0.29) is 16.9 Å². The van der Waals surface area contributed by atoms with Crippen LogP contribution in [-0.2, 0) is 6.42 Å². The van der Waals surface area contributed by atoms with Crippen molar-refractivity contribution in [3.05, 3.63) is 82.0 Å². The summed E-state index contributed by atoms with van der Waals surface area (Å²) in [7, 11) is 0. The fourth-order valence-electron chi connectivity index (χ4n) is 2.50. The molecule has 0 radical (unpaired) electrons. The first-order valence-electron chi connectivity index (χ1n) is 8.71. The first kappa shape index (κ1) is 19.7. The van der Waals surface area contributed by atoms with Crippen LogP contribution >= 0.6 is 23.6 Å². The molecule has 7 heteroatoms. The molecule has 2 aromatic carbocycles. The van der Waals surface area contributed by atoms with Gasteiger partial charge in [-0.2, -0.15) is 0 Å². The summed E-state index contributed by atoms with van der Waals surface area (Å²) in [6.45, 7) is 2.06. The van der Waals surface area contributed by atoms with Gasteiger partial charge in [-0.05, 0) is 66.0 Å². The molecule has 1 aromatic heterocycles. The van der Waals surface area contributed by atoms with Crippen LogP contribution in [0.4, 0.5) is 11.4 Å². The van der Waals surface area contributed by atoms with Crippen molar-refractivity contribution in [3.63, 3.8) is 0 Å². The Balaban J connectivity index is 1.59. The number of carbonyl (C=O) groups is 2. The topological polar surface area (TPSA) is 70.2 Å². The number of hydrogen-bond acceptors (Lipinski definition) is 4. The van der Waals surface area contributed by atoms with Crippen LogP contribution in [0.15, 0.2) is 66.0 Å². The Morgan fingerprint density at radius 2 is 1.64 bits per heavy atom. The fourth-order valence-corrected chi connectivity index (χ4v) is 3.33. The summed E-state index contributed by atoms with van der Waals surface area (Å²) in [6.07, 6.45) is 0.918. The molecule has 28 heavy (non-hydrogen) atoms. The van der Waals surface area contributed by atoms with E-state index >= 15 is 0 Å². The molecule has 0 fully saturated rings. The molecule has 5 nitrogen and oxygen atoms in total. The first-order chi connectivity index (χ1) is 13.5. The van der Waals surface area contributed by atoms with Crippen LogP contribution < -0.4 is 16.0 Å². The van der Waals surface area contributed by atoms with Gasteiger partial charge < -0.3 is 10.6 Å². The molecule has 2 amide bonds. The van der Waals surface area contributed by atoms with Crippen molar-refractivity contribution in [1.29, 1.82) is 0 Å². The summed E-state index contributed by atoms with van der Waals surface area (Å²) < 4.78 is 0. The lowest BCUT2D eigenvalue weighted by molar-refractivity contribution is 0.0976. The summed E-state index contributed by atoms with van der Waals surface area (Å²) in [5, 5.41) is 10.5. The van der Waals surface area contributed by atoms with Crippen LogP contribution in [0.5, 0.6) is 0 Å². The van der Waals surface area contributed by atoms with Crippen molar-refractivity contribution in [2.75, 3.05) is 10.6 Å². The van der Waals surface area contributed by atoms with Crippen molar-refractivity contribution < 1.29 is 9.59 Å². The highest BCUT2D eigenvalue weighted by molar-refractivity contribution is 7.80. The number of hydrogen-bond donors (Lipinski definition) is 3. The number of thiocarbonyl (C=S) groups is 1. The third-order valence-corrected chi connectivity index (χ3v) is 5.05. The Hall–Kier alpha value is -3.03. The predicted octanol–water partition coefficient (Wildman–Crippen LogP) is 4.69. The standard InChI is InChI=1S/C21H19N3O2S2/c1-2-14-8-10-15(11-9-14)19(25)24-21(27)23-17-6-3-5-16(13-17)22-20(26)18-7-4-12-28-18/h3-13H,2H2,1H3,(H,22,26)(H2,23,24,25,27). The highest BCUT2D eigenvalue weighted by atomic mass is 32.1. The van der Waals surface area contributed by atoms with Crippen LogP contribution in [0.1, 0.15) is 32.5 Å². The molecule has 3 N–H and O–H groups in total. The van der Waals surface area contributed by atoms with Crippen LogP contribution in [-0.4, -0.2) is 16.9 Å². The van der Waals surface area contributed by atoms with E-state index in [9.17, 15) is 9.59 Å². The average molecular weight is 410 g/mol. The molecule has 3 rings (SSSR count). The van der Waals surface area contributed by atoms with Crippen molar-refractivity contribution in [2.24, 2.45) is 0 Å². The summed E-state index contributed by atoms with van der Waals surface area (Å²) >= 11 is 6.60. The smallest absolute Gasteiger partial charge is 0.265 e. The number of benzene rings is 2. The van der Waals surface area contributed by atoms with Crippen molar-refractivity contribution in [1.82, 2.24) is 5.32 Å². The Kier molecular flexibility index (Phi) is 6.52. The van der Waals surface area contributed by atoms with Gasteiger partial charge in [0, 0.05) is 16.9 Å². The zero-order chi connectivity index (χ0) is 19.9. The van der Waals surface area contributed by atoms with Gasteiger partial charge in [-0.25, -0.2) is 0 Å². The zero-order valence-corrected chi connectivity index (χ0v) is 16.8. The molecule has 0 atom stereocenters. The van der Waals surface area contributed by atoms with Gasteiger partial charge in [0.15, 0.2) is 5.11 Å². The van der Waals surface area contributed by atoms with Gasteiger partial charge in [-0.1, -0.05) is 31.2 Å². The molecule has 142 valence electrons. The van der Waals surface area contributed by atoms with Crippen LogP contribution in [0, 0.1) is 0 Å². The molecule has 3 aromatic rings. The summed E-state index contributed by atoms with van der Waals surface area (Å²) in [5.41, 5.74) is 3.00. The van der Waals surface area contributed by atoms with Crippen LogP contribution in [0.3, 0.4) is 0 Å². The second-order valence-corrected chi connectivity index (χ2v) is 7.33. The summed E-state index contributed by atoms with van der Waals surface area (Å²) in [4.78, 5) is 25.1. The highest BCUT2D eigenvalue weighted by Crippen LogP contribution is 2.17. The van der Waals surface area contributed by atoms with E-state index in [1.165, 1.54) is 16.9 Å². The minimum absolute atomic E-state index is 0.168. The largest absolute Gasteiger partial charge is 0.332 e. The van der Waals surface area contributed by atoms with Gasteiger partial charge in [0.05, 0.1) is 4.88 Å². The molecule has 0 unspecified atom stereocenters. The van der Waals surface area contributed by atoms with Crippen molar-refractivity contribution >= 4 is 51.9 Å². The monoisotopic (exact) mass is 409 g/mol. The summed E-state index contributed by atoms with van der Waals surface area (Å²) in [5.74, 6) is -0.444. The third kappa shape index (κ3) is 5.25. The second kappa shape index (κ2) is 9.25. The Labute approximate surface area is 172 Å². The maximum absolute atomic E-state index is 12.3. The average Bonchev–Trinajstić information content (AvgIpc) is 3.23. The van der Waals surface area contributed by atoms with E-state index in [1.807, 2.05) is 23.6 Å². The minimum Gasteiger partial charge on any atom is -0.332 e. The number of anilines is 2. The number of amides is 2. The van der Waals surface area contributed by atoms with E-state index in [2.05, 4.69) is 22.9 Å². The van der Waals surface area contributed by atoms with Crippen molar-refractivity contribution in [2.45, 2.75) is 13.3 Å². The number of aryl methyl sites for hydroxylation is 1. The number of nitrogens with one attached hydrogen (secondary N) is 3. The maximum Gasteiger partial charge on any atom is 0.265 e. The molecule has 0 aliphatic carbocycles. The zero-order valence-electron chi connectivity index (χ0n) is 15.2. The second-order valence-electron chi connectivity index (χ2n) is 5.97. The Morgan fingerprint density at radius 3 is 2.29 bits per heavy atom. The molecule has 0 aliphatic rings. The van der Waals surface area contributed by atoms with Gasteiger partial charge in [-0.15, -0.1) is 11.3 Å². The van der Waals surface area contributed by atoms with Gasteiger partial charge in [0.1, 0.15) is 0 Å². The molecule has 1 heterocycles. The van der Waals surface area contributed by atoms with Gasteiger partial charge in [0.2, 0.25) is 0 Å². The Bertz CT molecular complexity index is 983. The molecule has 0 bridgehead atoms. The minimum atomic E-state index is -0.276. The van der Waals surface area contributed by atoms with E-state index in [4.69, 9.17) is 12.2 Å². The van der Waals surface area contributed by atoms with Crippen LogP contribution in [0.25, 0.3) is 0 Å². The van der Waals surface area contributed by atoms with E-state index in [1.54, 1.807) is 42.5 Å². The third-order valence-electron chi connectivity index (χ3n) is 3.97. The fraction of sp³-hybridized carbons (Fsp3) is 0.0952. The maximum atomic E-state index is 12.3. The predicted molar refractivity (Wildman–Crippen MR) is 118 cm³/mol. The molecule has 0 saturated carbocycles.